The minimum absolute atomic E-state index is 0.631. The predicted octanol–water partition coefficient (Wildman–Crippen LogP) is 2.98. The summed E-state index contributed by atoms with van der Waals surface area (Å²) in [7, 11) is 0. The molecule has 0 unspecified atom stereocenters. The van der Waals surface area contributed by atoms with Crippen molar-refractivity contribution in [3.05, 3.63) is 54.2 Å². The molecule has 0 saturated heterocycles. The highest BCUT2D eigenvalue weighted by atomic mass is 16.5. The van der Waals surface area contributed by atoms with Crippen molar-refractivity contribution >= 4 is 0 Å². The van der Waals surface area contributed by atoms with E-state index in [9.17, 15) is 0 Å². The van der Waals surface area contributed by atoms with Crippen LogP contribution in [0.5, 0.6) is 11.6 Å². The third kappa shape index (κ3) is 3.57. The molecule has 17 heavy (non-hydrogen) atoms. The summed E-state index contributed by atoms with van der Waals surface area (Å²) < 4.78 is 5.66. The number of aromatic nitrogens is 1. The van der Waals surface area contributed by atoms with Crippen molar-refractivity contribution in [3.8, 4) is 11.6 Å². The fourth-order valence-electron chi connectivity index (χ4n) is 1.49. The van der Waals surface area contributed by atoms with Crippen molar-refractivity contribution in [1.29, 1.82) is 0 Å². The Labute approximate surface area is 101 Å². The van der Waals surface area contributed by atoms with Crippen LogP contribution in [0.25, 0.3) is 0 Å². The monoisotopic (exact) mass is 228 g/mol. The second-order valence-corrected chi connectivity index (χ2v) is 3.70. The maximum absolute atomic E-state index is 5.66. The quantitative estimate of drug-likeness (QED) is 0.854. The Morgan fingerprint density at radius 3 is 2.76 bits per heavy atom. The first kappa shape index (κ1) is 11.6. The number of rotatable bonds is 5. The summed E-state index contributed by atoms with van der Waals surface area (Å²) in [6.45, 7) is 3.88. The van der Waals surface area contributed by atoms with E-state index in [-0.39, 0.29) is 0 Å². The van der Waals surface area contributed by atoms with Gasteiger partial charge in [0.05, 0.1) is 0 Å². The van der Waals surface area contributed by atoms with E-state index in [0.29, 0.717) is 5.88 Å². The Balaban J connectivity index is 2.06. The minimum atomic E-state index is 0.631. The molecular weight excluding hydrogens is 212 g/mol. The van der Waals surface area contributed by atoms with E-state index >= 15 is 0 Å². The van der Waals surface area contributed by atoms with E-state index in [1.54, 1.807) is 6.20 Å². The van der Waals surface area contributed by atoms with Gasteiger partial charge in [-0.25, -0.2) is 4.98 Å². The summed E-state index contributed by atoms with van der Waals surface area (Å²) in [6.07, 6.45) is 1.77. The van der Waals surface area contributed by atoms with E-state index in [1.807, 2.05) is 42.5 Å². The predicted molar refractivity (Wildman–Crippen MR) is 68.1 cm³/mol. The third-order valence-corrected chi connectivity index (χ3v) is 2.34. The van der Waals surface area contributed by atoms with Crippen LogP contribution >= 0.6 is 0 Å². The molecule has 0 spiro atoms. The first-order chi connectivity index (χ1) is 8.38. The fourth-order valence-corrected chi connectivity index (χ4v) is 1.49. The number of nitrogens with zero attached hydrogens (tertiary/aromatic N) is 1. The number of para-hydroxylation sites is 1. The van der Waals surface area contributed by atoms with Crippen LogP contribution in [0.2, 0.25) is 0 Å². The molecule has 88 valence electrons. The van der Waals surface area contributed by atoms with Crippen molar-refractivity contribution in [2.45, 2.75) is 13.5 Å². The average Bonchev–Trinajstić information content (AvgIpc) is 2.38. The van der Waals surface area contributed by atoms with Crippen LogP contribution in [-0.4, -0.2) is 11.5 Å². The van der Waals surface area contributed by atoms with Crippen molar-refractivity contribution < 1.29 is 4.74 Å². The van der Waals surface area contributed by atoms with Gasteiger partial charge in [-0.15, -0.1) is 0 Å². The number of benzene rings is 1. The molecule has 0 bridgehead atoms. The van der Waals surface area contributed by atoms with Crippen LogP contribution < -0.4 is 10.1 Å². The van der Waals surface area contributed by atoms with Gasteiger partial charge in [-0.3, -0.25) is 0 Å². The Morgan fingerprint density at radius 2 is 2.00 bits per heavy atom. The molecule has 0 radical (unpaired) electrons. The largest absolute Gasteiger partial charge is 0.439 e. The molecule has 3 nitrogen and oxygen atoms in total. The first-order valence-corrected chi connectivity index (χ1v) is 5.77. The van der Waals surface area contributed by atoms with Crippen LogP contribution in [-0.2, 0) is 6.54 Å². The van der Waals surface area contributed by atoms with Gasteiger partial charge in [0.25, 0.3) is 0 Å². The molecule has 0 saturated carbocycles. The third-order valence-electron chi connectivity index (χ3n) is 2.34. The second kappa shape index (κ2) is 6.01. The van der Waals surface area contributed by atoms with Gasteiger partial charge in [0.2, 0.25) is 5.88 Å². The van der Waals surface area contributed by atoms with Crippen molar-refractivity contribution in [2.24, 2.45) is 0 Å². The van der Waals surface area contributed by atoms with E-state index in [1.165, 1.54) is 5.56 Å². The molecule has 0 aliphatic carbocycles. The number of nitrogens with one attached hydrogen (secondary N) is 1. The highest BCUT2D eigenvalue weighted by Gasteiger charge is 1.99. The van der Waals surface area contributed by atoms with Gasteiger partial charge in [-0.2, -0.15) is 0 Å². The normalized spacial score (nSPS) is 10.2. The van der Waals surface area contributed by atoms with Crippen molar-refractivity contribution in [3.63, 3.8) is 0 Å². The lowest BCUT2D eigenvalue weighted by Crippen LogP contribution is -2.11. The van der Waals surface area contributed by atoms with E-state index in [4.69, 9.17) is 4.74 Å². The molecule has 0 aliphatic rings. The minimum Gasteiger partial charge on any atom is -0.439 e. The molecule has 0 atom stereocenters. The fraction of sp³-hybridized carbons (Fsp3) is 0.214. The van der Waals surface area contributed by atoms with E-state index in [2.05, 4.69) is 17.2 Å². The van der Waals surface area contributed by atoms with Crippen LogP contribution in [0.4, 0.5) is 0 Å². The zero-order valence-corrected chi connectivity index (χ0v) is 9.89. The summed E-state index contributed by atoms with van der Waals surface area (Å²) in [5.74, 6) is 1.44. The van der Waals surface area contributed by atoms with Crippen molar-refractivity contribution in [2.75, 3.05) is 6.54 Å². The maximum atomic E-state index is 5.66. The standard InChI is InChI=1S/C14H16N2O/c1-2-15-11-12-8-9-16-14(10-12)17-13-6-4-3-5-7-13/h3-10,15H,2,11H2,1H3. The zero-order valence-electron chi connectivity index (χ0n) is 9.89. The van der Waals surface area contributed by atoms with Crippen LogP contribution in [0.15, 0.2) is 48.7 Å². The highest BCUT2D eigenvalue weighted by molar-refractivity contribution is 5.28. The maximum Gasteiger partial charge on any atom is 0.219 e. The van der Waals surface area contributed by atoms with Gasteiger partial charge >= 0.3 is 0 Å². The van der Waals surface area contributed by atoms with Gasteiger partial charge in [-0.1, -0.05) is 25.1 Å². The molecule has 2 rings (SSSR count). The molecule has 0 amide bonds. The van der Waals surface area contributed by atoms with Gasteiger partial charge in [0.15, 0.2) is 0 Å². The first-order valence-electron chi connectivity index (χ1n) is 5.77. The summed E-state index contributed by atoms with van der Waals surface area (Å²) >= 11 is 0. The molecule has 0 aliphatic heterocycles. The van der Waals surface area contributed by atoms with Crippen molar-refractivity contribution in [1.82, 2.24) is 10.3 Å². The van der Waals surface area contributed by atoms with Crippen LogP contribution in [0.3, 0.4) is 0 Å². The summed E-state index contributed by atoms with van der Waals surface area (Å²) in [5, 5.41) is 3.27. The lowest BCUT2D eigenvalue weighted by Gasteiger charge is -2.06. The van der Waals surface area contributed by atoms with Gasteiger partial charge < -0.3 is 10.1 Å². The molecule has 1 aromatic heterocycles. The van der Waals surface area contributed by atoms with Gasteiger partial charge in [0.1, 0.15) is 5.75 Å². The molecule has 1 heterocycles. The zero-order chi connectivity index (χ0) is 11.9. The topological polar surface area (TPSA) is 34.2 Å². The lowest BCUT2D eigenvalue weighted by molar-refractivity contribution is 0.462. The smallest absolute Gasteiger partial charge is 0.219 e. The molecular formula is C14H16N2O. The number of ether oxygens (including phenoxy) is 1. The summed E-state index contributed by atoms with van der Waals surface area (Å²) in [5.41, 5.74) is 1.17. The van der Waals surface area contributed by atoms with E-state index < -0.39 is 0 Å². The molecule has 1 aromatic carbocycles. The van der Waals surface area contributed by atoms with Gasteiger partial charge in [-0.05, 0) is 30.3 Å². The van der Waals surface area contributed by atoms with Crippen LogP contribution in [0.1, 0.15) is 12.5 Å². The lowest BCUT2D eigenvalue weighted by atomic mass is 10.2. The second-order valence-electron chi connectivity index (χ2n) is 3.70. The Kier molecular flexibility index (Phi) is 4.11. The van der Waals surface area contributed by atoms with Gasteiger partial charge in [0, 0.05) is 18.8 Å². The Morgan fingerprint density at radius 1 is 1.18 bits per heavy atom. The number of pyridine rings is 1. The average molecular weight is 228 g/mol. The summed E-state index contributed by atoms with van der Waals surface area (Å²) in [6, 6.07) is 13.6. The number of hydrogen-bond acceptors (Lipinski definition) is 3. The molecule has 3 heteroatoms. The molecule has 1 N–H and O–H groups in total. The molecule has 2 aromatic rings. The number of hydrogen-bond donors (Lipinski definition) is 1. The SMILES string of the molecule is CCNCc1ccnc(Oc2ccccc2)c1. The van der Waals surface area contributed by atoms with Crippen LogP contribution in [0, 0.1) is 0 Å². The summed E-state index contributed by atoms with van der Waals surface area (Å²) in [4.78, 5) is 4.19. The molecule has 0 fully saturated rings. The Hall–Kier alpha value is -1.87. The highest BCUT2D eigenvalue weighted by Crippen LogP contribution is 2.19. The van der Waals surface area contributed by atoms with E-state index in [0.717, 1.165) is 18.8 Å². The Bertz CT molecular complexity index is 457.